The van der Waals surface area contributed by atoms with Gasteiger partial charge in [-0.15, -0.1) is 0 Å². The molecule has 0 spiro atoms. The molecule has 0 aromatic heterocycles. The third-order valence-corrected chi connectivity index (χ3v) is 4.88. The van der Waals surface area contributed by atoms with Crippen molar-refractivity contribution in [2.24, 2.45) is 0 Å². The van der Waals surface area contributed by atoms with Gasteiger partial charge in [-0.05, 0) is 64.0 Å². The van der Waals surface area contributed by atoms with Crippen molar-refractivity contribution >= 4 is 54.5 Å². The highest BCUT2D eigenvalue weighted by molar-refractivity contribution is 14.1. The third kappa shape index (κ3) is 3.11. The Kier molecular flexibility index (Phi) is 4.77. The molecule has 2 aromatic rings. The number of benzene rings is 2. The van der Waals surface area contributed by atoms with Gasteiger partial charge in [-0.25, -0.2) is 8.78 Å². The Labute approximate surface area is 134 Å². The average Bonchev–Trinajstić information content (AvgIpc) is 2.35. The molecular formula is C13H7Br2F2I. The van der Waals surface area contributed by atoms with Crippen LogP contribution in [-0.4, -0.2) is 0 Å². The topological polar surface area (TPSA) is 0 Å². The van der Waals surface area contributed by atoms with E-state index in [1.165, 1.54) is 6.07 Å². The zero-order chi connectivity index (χ0) is 13.3. The Morgan fingerprint density at radius 1 is 1.00 bits per heavy atom. The van der Waals surface area contributed by atoms with Crippen molar-refractivity contribution in [2.45, 2.75) is 4.83 Å². The molecule has 1 atom stereocenters. The van der Waals surface area contributed by atoms with Crippen LogP contribution < -0.4 is 0 Å². The van der Waals surface area contributed by atoms with Crippen LogP contribution in [0.1, 0.15) is 16.0 Å². The molecule has 0 radical (unpaired) electrons. The van der Waals surface area contributed by atoms with Crippen LogP contribution in [0.15, 0.2) is 40.9 Å². The first-order valence-electron chi connectivity index (χ1n) is 5.03. The summed E-state index contributed by atoms with van der Waals surface area (Å²) < 4.78 is 28.1. The van der Waals surface area contributed by atoms with Crippen molar-refractivity contribution in [3.63, 3.8) is 0 Å². The lowest BCUT2D eigenvalue weighted by Gasteiger charge is -2.13. The molecule has 0 amide bonds. The van der Waals surface area contributed by atoms with Crippen LogP contribution in [0.4, 0.5) is 8.78 Å². The van der Waals surface area contributed by atoms with E-state index in [0.29, 0.717) is 5.56 Å². The summed E-state index contributed by atoms with van der Waals surface area (Å²) in [5, 5.41) is 0. The van der Waals surface area contributed by atoms with Crippen molar-refractivity contribution in [3.8, 4) is 0 Å². The molecule has 1 unspecified atom stereocenters. The molecule has 0 fully saturated rings. The first-order valence-corrected chi connectivity index (χ1v) is 7.81. The Bertz CT molecular complexity index is 587. The quantitative estimate of drug-likeness (QED) is 0.370. The van der Waals surface area contributed by atoms with E-state index in [1.807, 2.05) is 18.2 Å². The number of halogens is 5. The molecule has 0 aliphatic heterocycles. The van der Waals surface area contributed by atoms with Gasteiger partial charge in [0.2, 0.25) is 0 Å². The minimum absolute atomic E-state index is 0.184. The summed E-state index contributed by atoms with van der Waals surface area (Å²) in [5.74, 6) is -1.67. The fourth-order valence-corrected chi connectivity index (χ4v) is 3.52. The normalized spacial score (nSPS) is 12.5. The largest absolute Gasteiger partial charge is 0.204 e. The van der Waals surface area contributed by atoms with Crippen LogP contribution >= 0.6 is 54.5 Å². The van der Waals surface area contributed by atoms with Gasteiger partial charge in [-0.3, -0.25) is 0 Å². The summed E-state index contributed by atoms with van der Waals surface area (Å²) in [6.07, 6.45) is 0. The summed E-state index contributed by atoms with van der Waals surface area (Å²) in [6, 6.07) is 9.82. The van der Waals surface area contributed by atoms with E-state index >= 15 is 0 Å². The molecular weight excluding hydrogens is 481 g/mol. The number of hydrogen-bond acceptors (Lipinski definition) is 0. The smallest absolute Gasteiger partial charge is 0.159 e. The SMILES string of the molecule is Fc1ccc(C(Br)c2cc(I)ccc2Br)cc1F. The van der Waals surface area contributed by atoms with Crippen LogP contribution in [0.25, 0.3) is 0 Å². The van der Waals surface area contributed by atoms with Gasteiger partial charge in [0, 0.05) is 8.04 Å². The first kappa shape index (κ1) is 14.4. The predicted molar refractivity (Wildman–Crippen MR) is 84.0 cm³/mol. The number of rotatable bonds is 2. The van der Waals surface area contributed by atoms with E-state index in [9.17, 15) is 8.78 Å². The Hall–Kier alpha value is -0.0100. The summed E-state index contributed by atoms with van der Waals surface area (Å²) in [4.78, 5) is -0.184. The van der Waals surface area contributed by atoms with Crippen molar-refractivity contribution in [1.29, 1.82) is 0 Å². The second kappa shape index (κ2) is 5.96. The van der Waals surface area contributed by atoms with Crippen molar-refractivity contribution in [3.05, 3.63) is 67.2 Å². The molecule has 0 aliphatic carbocycles. The van der Waals surface area contributed by atoms with Gasteiger partial charge in [-0.1, -0.05) is 37.9 Å². The molecule has 18 heavy (non-hydrogen) atoms. The lowest BCUT2D eigenvalue weighted by Crippen LogP contribution is -1.97. The maximum Gasteiger partial charge on any atom is 0.159 e. The van der Waals surface area contributed by atoms with Crippen LogP contribution in [0, 0.1) is 15.2 Å². The molecule has 0 heterocycles. The van der Waals surface area contributed by atoms with Gasteiger partial charge < -0.3 is 0 Å². The lowest BCUT2D eigenvalue weighted by atomic mass is 10.0. The van der Waals surface area contributed by atoms with E-state index in [4.69, 9.17) is 0 Å². The maximum atomic E-state index is 13.2. The van der Waals surface area contributed by atoms with Gasteiger partial charge in [0.05, 0.1) is 4.83 Å². The molecule has 2 rings (SSSR count). The Morgan fingerprint density at radius 3 is 2.39 bits per heavy atom. The van der Waals surface area contributed by atoms with Crippen molar-refractivity contribution < 1.29 is 8.78 Å². The summed E-state index contributed by atoms with van der Waals surface area (Å²) >= 11 is 9.19. The monoisotopic (exact) mass is 486 g/mol. The summed E-state index contributed by atoms with van der Waals surface area (Å²) in [7, 11) is 0. The second-order valence-electron chi connectivity index (χ2n) is 3.70. The van der Waals surface area contributed by atoms with E-state index in [0.717, 1.165) is 19.7 Å². The van der Waals surface area contributed by atoms with Gasteiger partial charge in [0.1, 0.15) is 0 Å². The average molecular weight is 488 g/mol. The Balaban J connectivity index is 2.44. The third-order valence-electron chi connectivity index (χ3n) is 2.47. The molecule has 0 bridgehead atoms. The van der Waals surface area contributed by atoms with Gasteiger partial charge in [-0.2, -0.15) is 0 Å². The molecule has 0 N–H and O–H groups in total. The fraction of sp³-hybridized carbons (Fsp3) is 0.0769. The molecule has 0 nitrogen and oxygen atoms in total. The maximum absolute atomic E-state index is 13.2. The zero-order valence-corrected chi connectivity index (χ0v) is 14.3. The molecule has 94 valence electrons. The molecule has 0 aliphatic rings. The molecule has 5 heteroatoms. The standard InChI is InChI=1S/C13H7Br2F2I/c14-10-3-2-8(18)6-9(10)13(15)7-1-4-11(16)12(17)5-7/h1-6,13H. The number of alkyl halides is 1. The van der Waals surface area contributed by atoms with Gasteiger partial charge in [0.25, 0.3) is 0 Å². The number of hydrogen-bond donors (Lipinski definition) is 0. The van der Waals surface area contributed by atoms with Crippen LogP contribution in [0.5, 0.6) is 0 Å². The summed E-state index contributed by atoms with van der Waals surface area (Å²) in [6.45, 7) is 0. The van der Waals surface area contributed by atoms with Crippen molar-refractivity contribution in [1.82, 2.24) is 0 Å². The highest BCUT2D eigenvalue weighted by Gasteiger charge is 2.15. The summed E-state index contributed by atoms with van der Waals surface area (Å²) in [5.41, 5.74) is 1.66. The minimum atomic E-state index is -0.835. The predicted octanol–water partition coefficient (Wildman–Crippen LogP) is 5.82. The van der Waals surface area contributed by atoms with Gasteiger partial charge >= 0.3 is 0 Å². The van der Waals surface area contributed by atoms with E-state index < -0.39 is 11.6 Å². The zero-order valence-electron chi connectivity index (χ0n) is 8.93. The molecule has 0 saturated heterocycles. The second-order valence-corrected chi connectivity index (χ2v) is 6.72. The van der Waals surface area contributed by atoms with Crippen LogP contribution in [-0.2, 0) is 0 Å². The minimum Gasteiger partial charge on any atom is -0.204 e. The van der Waals surface area contributed by atoms with E-state index in [2.05, 4.69) is 54.5 Å². The fourth-order valence-electron chi connectivity index (χ4n) is 1.56. The van der Waals surface area contributed by atoms with Crippen molar-refractivity contribution in [2.75, 3.05) is 0 Å². The van der Waals surface area contributed by atoms with Crippen LogP contribution in [0.3, 0.4) is 0 Å². The first-order chi connectivity index (χ1) is 8.49. The van der Waals surface area contributed by atoms with E-state index in [1.54, 1.807) is 6.07 Å². The van der Waals surface area contributed by atoms with E-state index in [-0.39, 0.29) is 4.83 Å². The molecule has 2 aromatic carbocycles. The van der Waals surface area contributed by atoms with Gasteiger partial charge in [0.15, 0.2) is 11.6 Å². The highest BCUT2D eigenvalue weighted by Crippen LogP contribution is 2.36. The van der Waals surface area contributed by atoms with Crippen LogP contribution in [0.2, 0.25) is 0 Å². The molecule has 0 saturated carbocycles. The Morgan fingerprint density at radius 2 is 1.72 bits per heavy atom. The lowest BCUT2D eigenvalue weighted by molar-refractivity contribution is 0.507. The highest BCUT2D eigenvalue weighted by atomic mass is 127.